The van der Waals surface area contributed by atoms with Crippen molar-refractivity contribution in [1.29, 1.82) is 0 Å². The molecule has 1 atom stereocenters. The van der Waals surface area contributed by atoms with Crippen LogP contribution in [0.25, 0.3) is 0 Å². The van der Waals surface area contributed by atoms with Crippen LogP contribution >= 0.6 is 0 Å². The quantitative estimate of drug-likeness (QED) is 0.803. The Hall–Kier alpha value is -2.07. The van der Waals surface area contributed by atoms with Gasteiger partial charge >= 0.3 is 5.97 Å². The largest absolute Gasteiger partial charge is 0.465 e. The number of benzene rings is 1. The Balaban J connectivity index is 1.78. The molecule has 1 aliphatic carbocycles. The van der Waals surface area contributed by atoms with Crippen LogP contribution in [0.5, 0.6) is 0 Å². The third-order valence-electron chi connectivity index (χ3n) is 4.65. The Morgan fingerprint density at radius 1 is 1.39 bits per heavy atom. The van der Waals surface area contributed by atoms with E-state index in [1.165, 1.54) is 24.7 Å². The van der Waals surface area contributed by atoms with Crippen LogP contribution in [-0.4, -0.2) is 25.0 Å². The van der Waals surface area contributed by atoms with Crippen LogP contribution in [0, 0.1) is 6.92 Å². The fraction of sp³-hybridized carbons (Fsp3) is 0.421. The number of fused-ring (bicyclic) bond motifs is 1. The molecule has 0 saturated carbocycles. The van der Waals surface area contributed by atoms with Crippen molar-refractivity contribution in [3.05, 3.63) is 58.5 Å². The van der Waals surface area contributed by atoms with E-state index in [-0.39, 0.29) is 5.97 Å². The molecule has 0 unspecified atom stereocenters. The van der Waals surface area contributed by atoms with E-state index < -0.39 is 0 Å². The van der Waals surface area contributed by atoms with Crippen LogP contribution < -0.4 is 0 Å². The number of esters is 1. The molecule has 0 amide bonds. The molecule has 2 aromatic rings. The van der Waals surface area contributed by atoms with E-state index in [4.69, 9.17) is 9.15 Å². The molecule has 0 N–H and O–H groups in total. The molecule has 1 aromatic heterocycles. The van der Waals surface area contributed by atoms with Gasteiger partial charge < -0.3 is 9.15 Å². The van der Waals surface area contributed by atoms with Crippen LogP contribution in [-0.2, 0) is 17.7 Å². The molecule has 0 saturated heterocycles. The highest BCUT2D eigenvalue weighted by Gasteiger charge is 2.25. The zero-order valence-electron chi connectivity index (χ0n) is 14.0. The molecule has 4 nitrogen and oxygen atoms in total. The third kappa shape index (κ3) is 3.17. The fourth-order valence-electron chi connectivity index (χ4n) is 3.48. The van der Waals surface area contributed by atoms with Gasteiger partial charge in [-0.25, -0.2) is 4.79 Å². The zero-order valence-corrected chi connectivity index (χ0v) is 14.0. The van der Waals surface area contributed by atoms with Crippen LogP contribution in [0.2, 0.25) is 0 Å². The topological polar surface area (TPSA) is 42.7 Å². The van der Waals surface area contributed by atoms with Crippen LogP contribution in [0.15, 0.2) is 34.7 Å². The van der Waals surface area contributed by atoms with Crippen LogP contribution in [0.3, 0.4) is 0 Å². The summed E-state index contributed by atoms with van der Waals surface area (Å²) in [5.41, 5.74) is 3.37. The maximum atomic E-state index is 11.7. The summed E-state index contributed by atoms with van der Waals surface area (Å²) >= 11 is 0. The average molecular weight is 313 g/mol. The molecular weight excluding hydrogens is 290 g/mol. The Kier molecular flexibility index (Phi) is 4.53. The molecule has 1 aliphatic rings. The third-order valence-corrected chi connectivity index (χ3v) is 4.65. The predicted molar refractivity (Wildman–Crippen MR) is 88.4 cm³/mol. The van der Waals surface area contributed by atoms with Gasteiger partial charge in [0.25, 0.3) is 0 Å². The van der Waals surface area contributed by atoms with Gasteiger partial charge in [0, 0.05) is 6.04 Å². The van der Waals surface area contributed by atoms with Gasteiger partial charge in [0.2, 0.25) is 0 Å². The first-order chi connectivity index (χ1) is 11.1. The molecule has 122 valence electrons. The van der Waals surface area contributed by atoms with E-state index in [0.29, 0.717) is 23.9 Å². The molecule has 23 heavy (non-hydrogen) atoms. The molecule has 4 heteroatoms. The molecular formula is C19H23NO3. The standard InChI is InChI=1S/C19H23NO3/c1-13-17(19(21)22-3)11-15(23-13)12-20(2)18-10-6-8-14-7-4-5-9-16(14)18/h4-5,7,9,11,18H,6,8,10,12H2,1-3H3/t18-/m0/s1. The molecule has 0 spiro atoms. The smallest absolute Gasteiger partial charge is 0.341 e. The Labute approximate surface area is 137 Å². The second-order valence-electron chi connectivity index (χ2n) is 6.20. The monoisotopic (exact) mass is 313 g/mol. The second-order valence-corrected chi connectivity index (χ2v) is 6.20. The number of hydrogen-bond acceptors (Lipinski definition) is 4. The predicted octanol–water partition coefficient (Wildman–Crippen LogP) is 3.88. The molecule has 0 radical (unpaired) electrons. The van der Waals surface area contributed by atoms with E-state index in [9.17, 15) is 4.79 Å². The van der Waals surface area contributed by atoms with Crippen LogP contribution in [0.1, 0.15) is 51.9 Å². The summed E-state index contributed by atoms with van der Waals surface area (Å²) < 4.78 is 10.5. The average Bonchev–Trinajstić information content (AvgIpc) is 2.93. The minimum Gasteiger partial charge on any atom is -0.465 e. The molecule has 1 aromatic carbocycles. The number of carbonyl (C=O) groups excluding carboxylic acids is 1. The van der Waals surface area contributed by atoms with Gasteiger partial charge in [0.1, 0.15) is 17.1 Å². The lowest BCUT2D eigenvalue weighted by Crippen LogP contribution is -2.27. The summed E-state index contributed by atoms with van der Waals surface area (Å²) in [5, 5.41) is 0. The van der Waals surface area contributed by atoms with Crippen molar-refractivity contribution < 1.29 is 13.9 Å². The second kappa shape index (κ2) is 6.59. The van der Waals surface area contributed by atoms with Crippen molar-refractivity contribution in [2.45, 2.75) is 38.8 Å². The number of aryl methyl sites for hydroxylation is 2. The maximum Gasteiger partial charge on any atom is 0.341 e. The van der Waals surface area contributed by atoms with E-state index in [2.05, 4.69) is 36.2 Å². The van der Waals surface area contributed by atoms with E-state index in [1.54, 1.807) is 13.0 Å². The summed E-state index contributed by atoms with van der Waals surface area (Å²) in [5.74, 6) is 1.07. The van der Waals surface area contributed by atoms with Gasteiger partial charge in [0.05, 0.1) is 13.7 Å². The summed E-state index contributed by atoms with van der Waals surface area (Å²) in [6.45, 7) is 2.47. The van der Waals surface area contributed by atoms with Gasteiger partial charge in [-0.3, -0.25) is 4.90 Å². The Morgan fingerprint density at radius 3 is 2.96 bits per heavy atom. The molecule has 0 aliphatic heterocycles. The summed E-state index contributed by atoms with van der Waals surface area (Å²) in [6.07, 6.45) is 3.51. The normalized spacial score (nSPS) is 17.1. The number of ether oxygens (including phenoxy) is 1. The summed E-state index contributed by atoms with van der Waals surface area (Å²) in [4.78, 5) is 14.0. The molecule has 0 fully saturated rings. The lowest BCUT2D eigenvalue weighted by Gasteiger charge is -2.32. The van der Waals surface area contributed by atoms with Gasteiger partial charge in [-0.15, -0.1) is 0 Å². The first-order valence-electron chi connectivity index (χ1n) is 8.06. The molecule has 3 rings (SSSR count). The van der Waals surface area contributed by atoms with Gasteiger partial charge in [-0.2, -0.15) is 0 Å². The van der Waals surface area contributed by atoms with Crippen molar-refractivity contribution >= 4 is 5.97 Å². The van der Waals surface area contributed by atoms with Crippen molar-refractivity contribution in [1.82, 2.24) is 4.90 Å². The van der Waals surface area contributed by atoms with E-state index in [0.717, 1.165) is 18.6 Å². The molecule has 0 bridgehead atoms. The number of furan rings is 1. The Morgan fingerprint density at radius 2 is 2.17 bits per heavy atom. The first-order valence-corrected chi connectivity index (χ1v) is 8.06. The minimum atomic E-state index is -0.344. The summed E-state index contributed by atoms with van der Waals surface area (Å²) in [7, 11) is 3.50. The van der Waals surface area contributed by atoms with Crippen molar-refractivity contribution in [3.8, 4) is 0 Å². The first kappa shape index (κ1) is 15.8. The lowest BCUT2D eigenvalue weighted by atomic mass is 9.87. The van der Waals surface area contributed by atoms with Crippen molar-refractivity contribution in [2.24, 2.45) is 0 Å². The van der Waals surface area contributed by atoms with E-state index in [1.807, 2.05) is 0 Å². The number of nitrogens with zero attached hydrogens (tertiary/aromatic N) is 1. The SMILES string of the molecule is COC(=O)c1cc(CN(C)[C@H]2CCCc3ccccc32)oc1C. The Bertz CT molecular complexity index is 704. The summed E-state index contributed by atoms with van der Waals surface area (Å²) in [6, 6.07) is 10.9. The zero-order chi connectivity index (χ0) is 16.4. The lowest BCUT2D eigenvalue weighted by molar-refractivity contribution is 0.0599. The minimum absolute atomic E-state index is 0.344. The van der Waals surface area contributed by atoms with Gasteiger partial charge in [-0.1, -0.05) is 24.3 Å². The number of carbonyl (C=O) groups is 1. The number of methoxy groups -OCH3 is 1. The molecule has 1 heterocycles. The maximum absolute atomic E-state index is 11.7. The fourth-order valence-corrected chi connectivity index (χ4v) is 3.48. The van der Waals surface area contributed by atoms with Crippen molar-refractivity contribution in [3.63, 3.8) is 0 Å². The number of hydrogen-bond donors (Lipinski definition) is 0. The van der Waals surface area contributed by atoms with E-state index >= 15 is 0 Å². The van der Waals surface area contributed by atoms with Crippen LogP contribution in [0.4, 0.5) is 0 Å². The number of rotatable bonds is 4. The highest BCUT2D eigenvalue weighted by Crippen LogP contribution is 2.34. The van der Waals surface area contributed by atoms with Gasteiger partial charge in [0.15, 0.2) is 0 Å². The highest BCUT2D eigenvalue weighted by atomic mass is 16.5. The van der Waals surface area contributed by atoms with Crippen molar-refractivity contribution in [2.75, 3.05) is 14.2 Å². The highest BCUT2D eigenvalue weighted by molar-refractivity contribution is 5.90. The van der Waals surface area contributed by atoms with Gasteiger partial charge in [-0.05, 0) is 50.4 Å².